The molecule has 10 heavy (non-hydrogen) atoms. The first-order valence-corrected chi connectivity index (χ1v) is 3.83. The molecule has 1 heteroatoms. The third-order valence-electron chi connectivity index (χ3n) is 2.43. The van der Waals surface area contributed by atoms with Crippen molar-refractivity contribution in [2.24, 2.45) is 5.41 Å². The molecule has 1 fully saturated rings. The number of hydrogen-bond donors (Lipinski definition) is 0. The van der Waals surface area contributed by atoms with Crippen LogP contribution >= 0.6 is 0 Å². The van der Waals surface area contributed by atoms with E-state index in [1.54, 1.807) is 6.92 Å². The number of rotatable bonds is 4. The Kier molecular flexibility index (Phi) is 1.93. The van der Waals surface area contributed by atoms with E-state index >= 15 is 0 Å². The predicted octanol–water partition coefficient (Wildman–Crippen LogP) is 2.32. The van der Waals surface area contributed by atoms with Crippen LogP contribution in [-0.2, 0) is 4.79 Å². The Labute approximate surface area is 62.1 Å². The third kappa shape index (κ3) is 1.28. The minimum Gasteiger partial charge on any atom is -0.299 e. The maximum Gasteiger partial charge on any atom is 0.135 e. The lowest BCUT2D eigenvalue weighted by atomic mass is 9.96. The molecule has 1 aliphatic rings. The van der Waals surface area contributed by atoms with Crippen LogP contribution < -0.4 is 0 Å². The largest absolute Gasteiger partial charge is 0.299 e. The molecule has 0 saturated heterocycles. The summed E-state index contributed by atoms with van der Waals surface area (Å²) in [5.41, 5.74) is 0.0915. The standard InChI is InChI=1S/C9H14O/c1-3-4-5-9(6-7-9)8(2)10/h3H,1,4-7H2,2H3. The minimum atomic E-state index is 0.0915. The number of ketones is 1. The second-order valence-corrected chi connectivity index (χ2v) is 3.16. The number of hydrogen-bond acceptors (Lipinski definition) is 1. The van der Waals surface area contributed by atoms with Crippen LogP contribution in [0.15, 0.2) is 12.7 Å². The van der Waals surface area contributed by atoms with Crippen molar-refractivity contribution in [2.45, 2.75) is 32.6 Å². The maximum absolute atomic E-state index is 11.0. The summed E-state index contributed by atoms with van der Waals surface area (Å²) < 4.78 is 0. The molecule has 0 bridgehead atoms. The van der Waals surface area contributed by atoms with Crippen LogP contribution in [0.3, 0.4) is 0 Å². The van der Waals surface area contributed by atoms with Gasteiger partial charge in [0, 0.05) is 5.41 Å². The lowest BCUT2D eigenvalue weighted by Crippen LogP contribution is -2.10. The van der Waals surface area contributed by atoms with Gasteiger partial charge in [0.25, 0.3) is 0 Å². The molecular formula is C9H14O. The van der Waals surface area contributed by atoms with Gasteiger partial charge in [0.1, 0.15) is 5.78 Å². The summed E-state index contributed by atoms with van der Waals surface area (Å²) in [6.07, 6.45) is 6.11. The smallest absolute Gasteiger partial charge is 0.135 e. The van der Waals surface area contributed by atoms with Gasteiger partial charge in [0.15, 0.2) is 0 Å². The van der Waals surface area contributed by atoms with Gasteiger partial charge in [-0.15, -0.1) is 6.58 Å². The summed E-state index contributed by atoms with van der Waals surface area (Å²) in [5, 5.41) is 0. The van der Waals surface area contributed by atoms with E-state index in [-0.39, 0.29) is 5.41 Å². The van der Waals surface area contributed by atoms with Crippen LogP contribution in [0, 0.1) is 5.41 Å². The van der Waals surface area contributed by atoms with E-state index < -0.39 is 0 Å². The topological polar surface area (TPSA) is 17.1 Å². The maximum atomic E-state index is 11.0. The van der Waals surface area contributed by atoms with Crippen molar-refractivity contribution in [1.82, 2.24) is 0 Å². The first kappa shape index (κ1) is 7.52. The molecule has 1 saturated carbocycles. The fraction of sp³-hybridized carbons (Fsp3) is 0.667. The summed E-state index contributed by atoms with van der Waals surface area (Å²) in [6, 6.07) is 0. The zero-order chi connectivity index (χ0) is 7.61. The molecule has 0 unspecified atom stereocenters. The van der Waals surface area contributed by atoms with E-state index in [2.05, 4.69) is 6.58 Å². The highest BCUT2D eigenvalue weighted by atomic mass is 16.1. The molecule has 0 N–H and O–H groups in total. The summed E-state index contributed by atoms with van der Waals surface area (Å²) in [6.45, 7) is 5.34. The Balaban J connectivity index is 2.37. The Morgan fingerprint density at radius 3 is 2.60 bits per heavy atom. The number of carbonyl (C=O) groups excluding carboxylic acids is 1. The van der Waals surface area contributed by atoms with Crippen molar-refractivity contribution in [2.75, 3.05) is 0 Å². The number of allylic oxidation sites excluding steroid dienone is 1. The first-order valence-electron chi connectivity index (χ1n) is 3.83. The Morgan fingerprint density at radius 1 is 1.70 bits per heavy atom. The lowest BCUT2D eigenvalue weighted by molar-refractivity contribution is -0.122. The van der Waals surface area contributed by atoms with Gasteiger partial charge in [-0.25, -0.2) is 0 Å². The van der Waals surface area contributed by atoms with Crippen molar-refractivity contribution >= 4 is 5.78 Å². The van der Waals surface area contributed by atoms with Gasteiger partial charge in [-0.2, -0.15) is 0 Å². The van der Waals surface area contributed by atoms with Crippen molar-refractivity contribution in [3.8, 4) is 0 Å². The molecule has 1 nitrogen and oxygen atoms in total. The molecule has 0 aromatic heterocycles. The van der Waals surface area contributed by atoms with E-state index in [9.17, 15) is 4.79 Å². The molecule has 1 rings (SSSR count). The fourth-order valence-electron chi connectivity index (χ4n) is 1.31. The molecule has 0 heterocycles. The van der Waals surface area contributed by atoms with Crippen LogP contribution in [0.4, 0.5) is 0 Å². The van der Waals surface area contributed by atoms with E-state index in [0.717, 1.165) is 25.7 Å². The van der Waals surface area contributed by atoms with Gasteiger partial charge in [-0.1, -0.05) is 6.08 Å². The van der Waals surface area contributed by atoms with Crippen molar-refractivity contribution in [3.63, 3.8) is 0 Å². The average molecular weight is 138 g/mol. The van der Waals surface area contributed by atoms with Crippen LogP contribution in [0.25, 0.3) is 0 Å². The molecule has 0 aromatic carbocycles. The monoisotopic (exact) mass is 138 g/mol. The van der Waals surface area contributed by atoms with Gasteiger partial charge >= 0.3 is 0 Å². The molecule has 0 aromatic rings. The second-order valence-electron chi connectivity index (χ2n) is 3.16. The molecule has 56 valence electrons. The van der Waals surface area contributed by atoms with Crippen LogP contribution in [-0.4, -0.2) is 5.78 Å². The summed E-state index contributed by atoms with van der Waals surface area (Å²) in [7, 11) is 0. The van der Waals surface area contributed by atoms with Gasteiger partial charge in [0.05, 0.1) is 0 Å². The van der Waals surface area contributed by atoms with Gasteiger partial charge in [-0.3, -0.25) is 4.79 Å². The highest BCUT2D eigenvalue weighted by Crippen LogP contribution is 2.50. The van der Waals surface area contributed by atoms with Gasteiger partial charge < -0.3 is 0 Å². The fourth-order valence-corrected chi connectivity index (χ4v) is 1.31. The second kappa shape index (κ2) is 2.57. The summed E-state index contributed by atoms with van der Waals surface area (Å²) in [4.78, 5) is 11.0. The van der Waals surface area contributed by atoms with Gasteiger partial charge in [-0.05, 0) is 32.6 Å². The molecular weight excluding hydrogens is 124 g/mol. The first-order chi connectivity index (χ1) is 4.71. The zero-order valence-electron chi connectivity index (χ0n) is 6.52. The molecule has 0 spiro atoms. The predicted molar refractivity (Wildman–Crippen MR) is 41.8 cm³/mol. The van der Waals surface area contributed by atoms with E-state index in [1.807, 2.05) is 6.08 Å². The highest BCUT2D eigenvalue weighted by Gasteiger charge is 2.45. The molecule has 0 amide bonds. The summed E-state index contributed by atoms with van der Waals surface area (Å²) >= 11 is 0. The van der Waals surface area contributed by atoms with Crippen molar-refractivity contribution in [1.29, 1.82) is 0 Å². The molecule has 0 radical (unpaired) electrons. The average Bonchev–Trinajstić information content (AvgIpc) is 2.64. The van der Waals surface area contributed by atoms with Crippen molar-refractivity contribution in [3.05, 3.63) is 12.7 Å². The lowest BCUT2D eigenvalue weighted by Gasteiger charge is -2.07. The minimum absolute atomic E-state index is 0.0915. The molecule has 1 aliphatic carbocycles. The SMILES string of the molecule is C=CCCC1(C(C)=O)CC1. The van der Waals surface area contributed by atoms with Crippen LogP contribution in [0.2, 0.25) is 0 Å². The van der Waals surface area contributed by atoms with E-state index in [0.29, 0.717) is 5.78 Å². The van der Waals surface area contributed by atoms with E-state index in [1.165, 1.54) is 0 Å². The van der Waals surface area contributed by atoms with Crippen LogP contribution in [0.5, 0.6) is 0 Å². The Bertz CT molecular complexity index is 154. The molecule has 0 atom stereocenters. The number of Topliss-reactive ketones (excluding diaryl/α,β-unsaturated/α-hetero) is 1. The summed E-state index contributed by atoms with van der Waals surface area (Å²) in [5.74, 6) is 0.370. The quantitative estimate of drug-likeness (QED) is 0.545. The van der Waals surface area contributed by atoms with Crippen LogP contribution in [0.1, 0.15) is 32.6 Å². The Morgan fingerprint density at radius 2 is 2.30 bits per heavy atom. The number of carbonyl (C=O) groups is 1. The Hall–Kier alpha value is -0.590. The highest BCUT2D eigenvalue weighted by molar-refractivity contribution is 5.84. The zero-order valence-corrected chi connectivity index (χ0v) is 6.52. The van der Waals surface area contributed by atoms with Gasteiger partial charge in [0.2, 0.25) is 0 Å². The van der Waals surface area contributed by atoms with Crippen molar-refractivity contribution < 1.29 is 4.79 Å². The third-order valence-corrected chi connectivity index (χ3v) is 2.43. The normalized spacial score (nSPS) is 20.1. The molecule has 0 aliphatic heterocycles. The van der Waals surface area contributed by atoms with E-state index in [4.69, 9.17) is 0 Å².